The Bertz CT molecular complexity index is 3270. The van der Waals surface area contributed by atoms with Gasteiger partial charge in [-0.2, -0.15) is 0 Å². The molecule has 61 heavy (non-hydrogen) atoms. The van der Waals surface area contributed by atoms with Crippen LogP contribution in [0.3, 0.4) is 0 Å². The third kappa shape index (κ3) is 8.26. The van der Waals surface area contributed by atoms with E-state index in [1.165, 1.54) is 0 Å². The fourth-order valence-electron chi connectivity index (χ4n) is 7.73. The van der Waals surface area contributed by atoms with Crippen LogP contribution in [-0.2, 0) is 31.9 Å². The normalized spacial score (nSPS) is 12.9. The number of pyridine rings is 1. The van der Waals surface area contributed by atoms with Gasteiger partial charge in [0, 0.05) is 38.5 Å². The average molecular weight is 979 g/mol. The summed E-state index contributed by atoms with van der Waals surface area (Å²) in [6, 6.07) is 48.6. The van der Waals surface area contributed by atoms with Gasteiger partial charge in [-0.1, -0.05) is 174 Å². The zero-order valence-corrected chi connectivity index (χ0v) is 37.2. The minimum atomic E-state index is -0.439. The Morgan fingerprint density at radius 1 is 0.557 bits per heavy atom. The van der Waals surface area contributed by atoms with Crippen molar-refractivity contribution in [2.75, 3.05) is 0 Å². The van der Waals surface area contributed by atoms with Gasteiger partial charge in [-0.25, -0.2) is 4.98 Å². The zero-order valence-electron chi connectivity index (χ0n) is 40.0. The van der Waals surface area contributed by atoms with E-state index in [1.54, 1.807) is 24.4 Å². The number of para-hydroxylation sites is 1. The molecule has 0 radical (unpaired) electrons. The molecule has 304 valence electrons. The molecule has 0 amide bonds. The molecule has 0 aliphatic heterocycles. The molecule has 0 spiro atoms. The van der Waals surface area contributed by atoms with Gasteiger partial charge in [-0.3, -0.25) is 9.55 Å². The molecule has 0 saturated carbocycles. The number of rotatable bonds is 7. The van der Waals surface area contributed by atoms with Gasteiger partial charge >= 0.3 is 0 Å². The van der Waals surface area contributed by atoms with E-state index in [4.69, 9.17) is 16.8 Å². The number of aromatic hydroxyl groups is 1. The Balaban J connectivity index is 0.00000592. The number of phenols is 1. The van der Waals surface area contributed by atoms with Crippen molar-refractivity contribution in [2.24, 2.45) is 0 Å². The SMILES string of the molecule is [2H]c1c([2H])c([2H])c(-c2ccnc(-c3[c-]c(-c4cccc5c4nc(-c4cc(C(C)(C)C)ccc4O)n5-c4ccc(-c5ccccc5)cc4-c4ccccc4)cc(C(C)(C)C)c3)c2)c([2H])c1[2H].[Pt]. The summed E-state index contributed by atoms with van der Waals surface area (Å²) < 4.78 is 44.3. The third-order valence-corrected chi connectivity index (χ3v) is 11.1. The number of hydrogen-bond acceptors (Lipinski definition) is 3. The fourth-order valence-corrected chi connectivity index (χ4v) is 7.73. The predicted octanol–water partition coefficient (Wildman–Crippen LogP) is 14.5. The van der Waals surface area contributed by atoms with Crippen molar-refractivity contribution in [1.29, 1.82) is 0 Å². The van der Waals surface area contributed by atoms with Crippen molar-refractivity contribution < 1.29 is 33.0 Å². The van der Waals surface area contributed by atoms with Crippen molar-refractivity contribution in [3.63, 3.8) is 0 Å². The van der Waals surface area contributed by atoms with Crippen LogP contribution in [0.4, 0.5) is 0 Å². The quantitative estimate of drug-likeness (QED) is 0.162. The number of phenolic OH excluding ortho intramolecular Hbond substituents is 1. The summed E-state index contributed by atoms with van der Waals surface area (Å²) in [6.07, 6.45) is 1.60. The third-order valence-electron chi connectivity index (χ3n) is 11.1. The number of imidazole rings is 1. The molecular weight excluding hydrogens is 926 g/mol. The van der Waals surface area contributed by atoms with Gasteiger partial charge in [0.1, 0.15) is 11.6 Å². The molecule has 2 heterocycles. The van der Waals surface area contributed by atoms with Crippen LogP contribution in [-0.4, -0.2) is 19.6 Å². The molecule has 4 nitrogen and oxygen atoms in total. The van der Waals surface area contributed by atoms with Crippen LogP contribution >= 0.6 is 0 Å². The minimum Gasteiger partial charge on any atom is -0.507 e. The van der Waals surface area contributed by atoms with Crippen LogP contribution in [0.2, 0.25) is 0 Å². The molecule has 2 aromatic heterocycles. The van der Waals surface area contributed by atoms with Crippen LogP contribution in [0.5, 0.6) is 5.75 Å². The Hall–Kier alpha value is -6.35. The number of nitrogens with zero attached hydrogens (tertiary/aromatic N) is 3. The molecule has 0 bridgehead atoms. The van der Waals surface area contributed by atoms with E-state index >= 15 is 0 Å². The van der Waals surface area contributed by atoms with Crippen molar-refractivity contribution in [3.8, 4) is 78.6 Å². The van der Waals surface area contributed by atoms with Gasteiger partial charge in [0.2, 0.25) is 0 Å². The molecule has 1 N–H and O–H groups in total. The van der Waals surface area contributed by atoms with Crippen molar-refractivity contribution in [3.05, 3.63) is 193 Å². The van der Waals surface area contributed by atoms with E-state index in [-0.39, 0.29) is 55.3 Å². The summed E-state index contributed by atoms with van der Waals surface area (Å²) >= 11 is 0. The first kappa shape index (κ1) is 35.4. The average Bonchev–Trinajstić information content (AvgIpc) is 3.69. The number of hydrogen-bond donors (Lipinski definition) is 1. The second-order valence-corrected chi connectivity index (χ2v) is 17.3. The molecule has 0 aliphatic carbocycles. The zero-order chi connectivity index (χ0) is 45.9. The molecule has 7 aromatic carbocycles. The minimum absolute atomic E-state index is 0. The van der Waals surface area contributed by atoms with Crippen molar-refractivity contribution >= 4 is 11.0 Å². The fraction of sp³-hybridized carbons (Fsp3) is 0.143. The maximum Gasteiger partial charge on any atom is 0.148 e. The van der Waals surface area contributed by atoms with Gasteiger partial charge in [0.05, 0.1) is 29.1 Å². The van der Waals surface area contributed by atoms with Gasteiger partial charge in [0.25, 0.3) is 0 Å². The van der Waals surface area contributed by atoms with Gasteiger partial charge < -0.3 is 5.11 Å². The molecule has 0 atom stereocenters. The summed E-state index contributed by atoms with van der Waals surface area (Å²) in [5, 5.41) is 11.8. The molecule has 0 aliphatic rings. The maximum absolute atomic E-state index is 11.8. The smallest absolute Gasteiger partial charge is 0.148 e. The van der Waals surface area contributed by atoms with Crippen LogP contribution in [0.25, 0.3) is 83.9 Å². The molecule has 0 unspecified atom stereocenters. The van der Waals surface area contributed by atoms with E-state index in [2.05, 4.69) is 113 Å². The molecule has 9 rings (SSSR count). The molecule has 5 heteroatoms. The molecule has 0 fully saturated rings. The van der Waals surface area contributed by atoms with E-state index in [0.29, 0.717) is 33.7 Å². The Morgan fingerprint density at radius 3 is 1.93 bits per heavy atom. The van der Waals surface area contributed by atoms with Crippen LogP contribution in [0.1, 0.15) is 59.5 Å². The standard InChI is InChI=1S/C56H48N3O.Pt/c1-55(2,3)44-26-28-52(60)48(36-44)54-58-53-46(42-31-43(33-45(32-42)56(4,5)6)49-35-41(29-30-57-49)38-19-12-8-13-20-38)23-16-24-51(53)59(54)50-27-25-40(37-17-10-7-11-18-37)34-47(50)39-21-14-9-15-22-39;/h7-30,32-36,60H,1-6H3;/q-1;/i8D,12D,13D,19D,20D;. The molecular formula is C56H48N3OPt-. The Labute approximate surface area is 380 Å². The van der Waals surface area contributed by atoms with E-state index in [9.17, 15) is 5.11 Å². The van der Waals surface area contributed by atoms with Crippen molar-refractivity contribution in [1.82, 2.24) is 14.5 Å². The predicted molar refractivity (Wildman–Crippen MR) is 249 cm³/mol. The number of benzene rings is 7. The molecule has 0 saturated heterocycles. The summed E-state index contributed by atoms with van der Waals surface area (Å²) in [5.41, 5.74) is 12.2. The van der Waals surface area contributed by atoms with Gasteiger partial charge in [-0.05, 0) is 80.6 Å². The van der Waals surface area contributed by atoms with E-state index < -0.39 is 18.1 Å². The van der Waals surface area contributed by atoms with Gasteiger partial charge in [0.15, 0.2) is 0 Å². The van der Waals surface area contributed by atoms with Crippen LogP contribution in [0, 0.1) is 6.07 Å². The second-order valence-electron chi connectivity index (χ2n) is 17.3. The van der Waals surface area contributed by atoms with Crippen molar-refractivity contribution in [2.45, 2.75) is 52.4 Å². The number of fused-ring (bicyclic) bond motifs is 1. The van der Waals surface area contributed by atoms with E-state index in [1.807, 2.05) is 60.7 Å². The Kier molecular flexibility index (Phi) is 9.64. The first-order valence-corrected chi connectivity index (χ1v) is 20.2. The number of aromatic nitrogens is 3. The largest absolute Gasteiger partial charge is 0.507 e. The van der Waals surface area contributed by atoms with E-state index in [0.717, 1.165) is 55.7 Å². The summed E-state index contributed by atoms with van der Waals surface area (Å²) in [5.74, 6) is 0.702. The Morgan fingerprint density at radius 2 is 1.23 bits per heavy atom. The maximum atomic E-state index is 11.8. The van der Waals surface area contributed by atoms with Gasteiger partial charge in [-0.15, -0.1) is 29.3 Å². The van der Waals surface area contributed by atoms with Crippen LogP contribution < -0.4 is 0 Å². The first-order chi connectivity index (χ1) is 31.0. The topological polar surface area (TPSA) is 50.9 Å². The summed E-state index contributed by atoms with van der Waals surface area (Å²) in [6.45, 7) is 12.9. The second kappa shape index (κ2) is 16.6. The molecule has 9 aromatic rings. The van der Waals surface area contributed by atoms with Crippen LogP contribution in [0.15, 0.2) is 176 Å². The summed E-state index contributed by atoms with van der Waals surface area (Å²) in [4.78, 5) is 10.2. The summed E-state index contributed by atoms with van der Waals surface area (Å²) in [7, 11) is 0. The monoisotopic (exact) mass is 978 g/mol. The first-order valence-electron chi connectivity index (χ1n) is 22.7.